The summed E-state index contributed by atoms with van der Waals surface area (Å²) in [6.07, 6.45) is 0. The Morgan fingerprint density at radius 3 is 2.42 bits per heavy atom. The monoisotopic (exact) mass is 392 g/mol. The number of nitrogens with one attached hydrogen (secondary N) is 2. The number of hydrogen-bond donors (Lipinski definition) is 2. The summed E-state index contributed by atoms with van der Waals surface area (Å²) in [6, 6.07) is 12.1. The van der Waals surface area contributed by atoms with Crippen molar-refractivity contribution in [2.75, 3.05) is 11.9 Å². The van der Waals surface area contributed by atoms with Gasteiger partial charge in [0.25, 0.3) is 0 Å². The van der Waals surface area contributed by atoms with Crippen LogP contribution in [-0.2, 0) is 4.79 Å². The Bertz CT molecular complexity index is 701. The molecule has 2 aromatic carbocycles. The average Bonchev–Trinajstić information content (AvgIpc) is 2.52. The van der Waals surface area contributed by atoms with Crippen LogP contribution in [-0.4, -0.2) is 12.5 Å². The van der Waals surface area contributed by atoms with Crippen LogP contribution in [0, 0.1) is 18.7 Å². The number of amides is 1. The van der Waals surface area contributed by atoms with Crippen LogP contribution in [0.3, 0.4) is 0 Å². The zero-order valence-corrected chi connectivity index (χ0v) is 15.7. The lowest BCUT2D eigenvalue weighted by Crippen LogP contribution is -2.33. The normalized spacial score (nSPS) is 12.2. The Balaban J connectivity index is 1.98. The number of hydrogen-bond acceptors (Lipinski definition) is 2. The first-order valence-corrected chi connectivity index (χ1v) is 8.71. The molecule has 0 saturated carbocycles. The molecule has 1 unspecified atom stereocenters. The maximum atomic E-state index is 13.1. The van der Waals surface area contributed by atoms with Gasteiger partial charge in [0, 0.05) is 10.5 Å². The Labute approximate surface area is 150 Å². The van der Waals surface area contributed by atoms with Crippen molar-refractivity contribution in [3.05, 3.63) is 63.9 Å². The minimum Gasteiger partial charge on any atom is -0.324 e. The van der Waals surface area contributed by atoms with Gasteiger partial charge in [-0.3, -0.25) is 4.79 Å². The van der Waals surface area contributed by atoms with E-state index in [1.165, 1.54) is 12.1 Å². The molecule has 3 nitrogen and oxygen atoms in total. The fourth-order valence-corrected chi connectivity index (χ4v) is 3.12. The molecule has 2 N–H and O–H groups in total. The minimum absolute atomic E-state index is 0.0159. The quantitative estimate of drug-likeness (QED) is 0.739. The maximum absolute atomic E-state index is 13.1. The van der Waals surface area contributed by atoms with E-state index in [2.05, 4.69) is 40.4 Å². The topological polar surface area (TPSA) is 41.1 Å². The predicted molar refractivity (Wildman–Crippen MR) is 99.5 cm³/mol. The van der Waals surface area contributed by atoms with Crippen molar-refractivity contribution >= 4 is 27.5 Å². The van der Waals surface area contributed by atoms with E-state index >= 15 is 0 Å². The van der Waals surface area contributed by atoms with E-state index in [0.717, 1.165) is 21.3 Å². The summed E-state index contributed by atoms with van der Waals surface area (Å²) in [5, 5.41) is 6.14. The molecule has 2 aromatic rings. The van der Waals surface area contributed by atoms with E-state index in [0.29, 0.717) is 0 Å². The molecule has 0 aliphatic rings. The molecule has 1 atom stereocenters. The SMILES string of the molecule is Cc1ccc(NC(=O)CNC(c2ccc(F)cc2)C(C)C)c(Br)c1. The van der Waals surface area contributed by atoms with Crippen molar-refractivity contribution in [1.29, 1.82) is 0 Å². The third-order valence-corrected chi connectivity index (χ3v) is 4.43. The summed E-state index contributed by atoms with van der Waals surface area (Å²) >= 11 is 3.45. The van der Waals surface area contributed by atoms with Gasteiger partial charge in [-0.1, -0.05) is 32.0 Å². The number of anilines is 1. The number of carbonyl (C=O) groups is 1. The van der Waals surface area contributed by atoms with E-state index < -0.39 is 0 Å². The molecule has 24 heavy (non-hydrogen) atoms. The van der Waals surface area contributed by atoms with Crippen LogP contribution < -0.4 is 10.6 Å². The second-order valence-electron chi connectivity index (χ2n) is 6.19. The maximum Gasteiger partial charge on any atom is 0.238 e. The molecular weight excluding hydrogens is 371 g/mol. The molecule has 1 amide bonds. The molecule has 2 rings (SSSR count). The third kappa shape index (κ3) is 5.14. The number of halogens is 2. The molecule has 5 heteroatoms. The molecule has 0 aromatic heterocycles. The van der Waals surface area contributed by atoms with Gasteiger partial charge in [-0.2, -0.15) is 0 Å². The lowest BCUT2D eigenvalue weighted by Gasteiger charge is -2.23. The molecule has 0 heterocycles. The van der Waals surface area contributed by atoms with E-state index in [9.17, 15) is 9.18 Å². The van der Waals surface area contributed by atoms with Gasteiger partial charge >= 0.3 is 0 Å². The second-order valence-corrected chi connectivity index (χ2v) is 7.04. The largest absolute Gasteiger partial charge is 0.324 e. The summed E-state index contributed by atoms with van der Waals surface area (Å²) < 4.78 is 13.9. The van der Waals surface area contributed by atoms with Crippen LogP contribution >= 0.6 is 15.9 Å². The molecule has 0 fully saturated rings. The highest BCUT2D eigenvalue weighted by Crippen LogP contribution is 2.24. The summed E-state index contributed by atoms with van der Waals surface area (Å²) in [5.74, 6) is -0.107. The van der Waals surface area contributed by atoms with Gasteiger partial charge in [0.2, 0.25) is 5.91 Å². The van der Waals surface area contributed by atoms with Crippen LogP contribution in [0.1, 0.15) is 31.0 Å². The molecular formula is C19H22BrFN2O. The van der Waals surface area contributed by atoms with Crippen molar-refractivity contribution in [2.24, 2.45) is 5.92 Å². The third-order valence-electron chi connectivity index (χ3n) is 3.78. The van der Waals surface area contributed by atoms with Crippen LogP contribution in [0.25, 0.3) is 0 Å². The number of rotatable bonds is 6. The van der Waals surface area contributed by atoms with Gasteiger partial charge in [0.05, 0.1) is 12.2 Å². The average molecular weight is 393 g/mol. The van der Waals surface area contributed by atoms with E-state index in [-0.39, 0.29) is 30.2 Å². The van der Waals surface area contributed by atoms with Crippen molar-refractivity contribution < 1.29 is 9.18 Å². The van der Waals surface area contributed by atoms with Gasteiger partial charge < -0.3 is 10.6 Å². The highest BCUT2D eigenvalue weighted by molar-refractivity contribution is 9.10. The molecule has 0 bridgehead atoms. The molecule has 128 valence electrons. The Kier molecular flexibility index (Phi) is 6.52. The molecule has 0 radical (unpaired) electrons. The zero-order chi connectivity index (χ0) is 17.7. The predicted octanol–water partition coefficient (Wildman–Crippen LogP) is 4.82. The number of aryl methyl sites for hydroxylation is 1. The van der Waals surface area contributed by atoms with Gasteiger partial charge in [0.1, 0.15) is 5.82 Å². The van der Waals surface area contributed by atoms with Crippen LogP contribution in [0.15, 0.2) is 46.9 Å². The standard InChI is InChI=1S/C19H22BrFN2O/c1-12(2)19(14-5-7-15(21)8-6-14)22-11-18(24)23-17-9-4-13(3)10-16(17)20/h4-10,12,19,22H,11H2,1-3H3,(H,23,24). The number of benzene rings is 2. The highest BCUT2D eigenvalue weighted by Gasteiger charge is 2.17. The summed E-state index contributed by atoms with van der Waals surface area (Å²) in [7, 11) is 0. The van der Waals surface area contributed by atoms with Gasteiger partial charge in [-0.05, 0) is 64.2 Å². The molecule has 0 aliphatic heterocycles. The van der Waals surface area contributed by atoms with E-state index in [4.69, 9.17) is 0 Å². The lowest BCUT2D eigenvalue weighted by atomic mass is 9.96. The Hall–Kier alpha value is -1.72. The lowest BCUT2D eigenvalue weighted by molar-refractivity contribution is -0.115. The smallest absolute Gasteiger partial charge is 0.238 e. The van der Waals surface area contributed by atoms with E-state index in [1.807, 2.05) is 25.1 Å². The molecule has 0 spiro atoms. The molecule has 0 saturated heterocycles. The van der Waals surface area contributed by atoms with Crippen molar-refractivity contribution in [1.82, 2.24) is 5.32 Å². The van der Waals surface area contributed by atoms with Crippen LogP contribution in [0.5, 0.6) is 0 Å². The highest BCUT2D eigenvalue weighted by atomic mass is 79.9. The minimum atomic E-state index is -0.261. The van der Waals surface area contributed by atoms with Gasteiger partial charge in [-0.25, -0.2) is 4.39 Å². The first-order chi connectivity index (χ1) is 11.4. The molecule has 0 aliphatic carbocycles. The summed E-state index contributed by atoms with van der Waals surface area (Å²) in [4.78, 5) is 12.2. The summed E-state index contributed by atoms with van der Waals surface area (Å²) in [6.45, 7) is 6.30. The Morgan fingerprint density at radius 2 is 1.83 bits per heavy atom. The van der Waals surface area contributed by atoms with Crippen molar-refractivity contribution in [3.63, 3.8) is 0 Å². The summed E-state index contributed by atoms with van der Waals surface area (Å²) in [5.41, 5.74) is 2.83. The second kappa shape index (κ2) is 8.40. The van der Waals surface area contributed by atoms with Crippen LogP contribution in [0.4, 0.5) is 10.1 Å². The first-order valence-electron chi connectivity index (χ1n) is 7.91. The van der Waals surface area contributed by atoms with E-state index in [1.54, 1.807) is 12.1 Å². The van der Waals surface area contributed by atoms with Crippen molar-refractivity contribution in [2.45, 2.75) is 26.8 Å². The van der Waals surface area contributed by atoms with Gasteiger partial charge in [-0.15, -0.1) is 0 Å². The first kappa shape index (κ1) is 18.6. The van der Waals surface area contributed by atoms with Crippen LogP contribution in [0.2, 0.25) is 0 Å². The zero-order valence-electron chi connectivity index (χ0n) is 14.1. The Morgan fingerprint density at radius 1 is 1.17 bits per heavy atom. The number of carbonyl (C=O) groups excluding carboxylic acids is 1. The fraction of sp³-hybridized carbons (Fsp3) is 0.316. The van der Waals surface area contributed by atoms with Crippen molar-refractivity contribution in [3.8, 4) is 0 Å². The van der Waals surface area contributed by atoms with Gasteiger partial charge in [0.15, 0.2) is 0 Å². The fourth-order valence-electron chi connectivity index (χ4n) is 2.53.